The average Bonchev–Trinajstić information content (AvgIpc) is 2.27. The Kier molecular flexibility index (Phi) is 2.84. The van der Waals surface area contributed by atoms with Crippen LogP contribution in [0.4, 0.5) is 5.95 Å². The standard InChI is InChI=1S/C14H17N3/c1-8-5-10(3)12(6-9(8)2)13-11(4)7-16-14(15)17-13/h5-7H,1-4H3,(H2,15,16,17). The summed E-state index contributed by atoms with van der Waals surface area (Å²) in [7, 11) is 0. The number of anilines is 1. The van der Waals surface area contributed by atoms with E-state index in [2.05, 4.69) is 42.9 Å². The summed E-state index contributed by atoms with van der Waals surface area (Å²) >= 11 is 0. The van der Waals surface area contributed by atoms with Gasteiger partial charge in [-0.1, -0.05) is 6.07 Å². The van der Waals surface area contributed by atoms with Gasteiger partial charge in [0.05, 0.1) is 5.69 Å². The number of hydrogen-bond acceptors (Lipinski definition) is 3. The number of hydrogen-bond donors (Lipinski definition) is 1. The normalized spacial score (nSPS) is 10.6. The highest BCUT2D eigenvalue weighted by Gasteiger charge is 2.09. The minimum absolute atomic E-state index is 0.322. The molecule has 1 aromatic carbocycles. The maximum atomic E-state index is 5.66. The van der Waals surface area contributed by atoms with E-state index in [-0.39, 0.29) is 0 Å². The molecule has 0 fully saturated rings. The second kappa shape index (κ2) is 4.17. The molecule has 0 amide bonds. The number of nitrogens with two attached hydrogens (primary N) is 1. The first-order valence-corrected chi connectivity index (χ1v) is 5.66. The third-order valence-electron chi connectivity index (χ3n) is 3.09. The Hall–Kier alpha value is -1.90. The Balaban J connectivity index is 2.68. The number of nitrogens with zero attached hydrogens (tertiary/aromatic N) is 2. The zero-order chi connectivity index (χ0) is 12.6. The summed E-state index contributed by atoms with van der Waals surface area (Å²) in [5.74, 6) is 0.322. The van der Waals surface area contributed by atoms with Gasteiger partial charge >= 0.3 is 0 Å². The zero-order valence-corrected chi connectivity index (χ0v) is 10.7. The van der Waals surface area contributed by atoms with E-state index in [1.54, 1.807) is 6.20 Å². The fourth-order valence-electron chi connectivity index (χ4n) is 1.94. The van der Waals surface area contributed by atoms with E-state index in [9.17, 15) is 0 Å². The first-order valence-electron chi connectivity index (χ1n) is 5.66. The van der Waals surface area contributed by atoms with Gasteiger partial charge in [-0.15, -0.1) is 0 Å². The monoisotopic (exact) mass is 227 g/mol. The van der Waals surface area contributed by atoms with Crippen molar-refractivity contribution in [2.24, 2.45) is 0 Å². The van der Waals surface area contributed by atoms with Crippen molar-refractivity contribution >= 4 is 5.95 Å². The predicted octanol–water partition coefficient (Wildman–Crippen LogP) is 2.96. The highest BCUT2D eigenvalue weighted by atomic mass is 15.0. The largest absolute Gasteiger partial charge is 0.368 e. The first-order chi connectivity index (χ1) is 7.99. The van der Waals surface area contributed by atoms with Crippen molar-refractivity contribution in [3.8, 4) is 11.3 Å². The molecule has 2 aromatic rings. The molecule has 2 N–H and O–H groups in total. The molecule has 0 saturated heterocycles. The lowest BCUT2D eigenvalue weighted by molar-refractivity contribution is 1.14. The van der Waals surface area contributed by atoms with E-state index < -0.39 is 0 Å². The van der Waals surface area contributed by atoms with Gasteiger partial charge in [-0.25, -0.2) is 9.97 Å². The Bertz CT molecular complexity index is 574. The van der Waals surface area contributed by atoms with Gasteiger partial charge in [-0.05, 0) is 56.0 Å². The summed E-state index contributed by atoms with van der Waals surface area (Å²) in [6.45, 7) is 8.33. The van der Waals surface area contributed by atoms with Gasteiger partial charge in [0.2, 0.25) is 5.95 Å². The maximum Gasteiger partial charge on any atom is 0.220 e. The molecular formula is C14H17N3. The third-order valence-corrected chi connectivity index (χ3v) is 3.09. The predicted molar refractivity (Wildman–Crippen MR) is 70.8 cm³/mol. The quantitative estimate of drug-likeness (QED) is 0.814. The summed E-state index contributed by atoms with van der Waals surface area (Å²) in [6.07, 6.45) is 1.77. The molecule has 0 atom stereocenters. The molecule has 3 nitrogen and oxygen atoms in total. The number of rotatable bonds is 1. The summed E-state index contributed by atoms with van der Waals surface area (Å²) in [5.41, 5.74) is 12.6. The van der Waals surface area contributed by atoms with Crippen molar-refractivity contribution in [2.75, 3.05) is 5.73 Å². The van der Waals surface area contributed by atoms with Gasteiger partial charge in [0.25, 0.3) is 0 Å². The minimum atomic E-state index is 0.322. The number of aromatic nitrogens is 2. The Morgan fingerprint density at radius 2 is 1.53 bits per heavy atom. The van der Waals surface area contributed by atoms with Crippen molar-refractivity contribution in [3.63, 3.8) is 0 Å². The second-order valence-electron chi connectivity index (χ2n) is 4.51. The molecule has 88 valence electrons. The van der Waals surface area contributed by atoms with Crippen LogP contribution < -0.4 is 5.73 Å². The number of nitrogen functional groups attached to an aromatic ring is 1. The molecule has 0 aliphatic heterocycles. The summed E-state index contributed by atoms with van der Waals surface area (Å²) in [4.78, 5) is 8.34. The van der Waals surface area contributed by atoms with E-state index in [0.717, 1.165) is 16.8 Å². The van der Waals surface area contributed by atoms with Gasteiger partial charge < -0.3 is 5.73 Å². The van der Waals surface area contributed by atoms with Crippen LogP contribution in [-0.2, 0) is 0 Å². The second-order valence-corrected chi connectivity index (χ2v) is 4.51. The first kappa shape index (κ1) is 11.6. The SMILES string of the molecule is Cc1cc(C)c(-c2nc(N)ncc2C)cc1C. The van der Waals surface area contributed by atoms with Crippen LogP contribution in [0.3, 0.4) is 0 Å². The van der Waals surface area contributed by atoms with Gasteiger partial charge in [-0.2, -0.15) is 0 Å². The Morgan fingerprint density at radius 3 is 2.24 bits per heavy atom. The van der Waals surface area contributed by atoms with E-state index in [4.69, 9.17) is 5.73 Å². The zero-order valence-electron chi connectivity index (χ0n) is 10.7. The maximum absolute atomic E-state index is 5.66. The van der Waals surface area contributed by atoms with Gasteiger partial charge in [0.1, 0.15) is 0 Å². The van der Waals surface area contributed by atoms with Crippen LogP contribution in [0, 0.1) is 27.7 Å². The molecule has 0 aliphatic rings. The van der Waals surface area contributed by atoms with E-state index in [0.29, 0.717) is 5.95 Å². The molecule has 2 rings (SSSR count). The molecule has 17 heavy (non-hydrogen) atoms. The van der Waals surface area contributed by atoms with Crippen molar-refractivity contribution in [1.82, 2.24) is 9.97 Å². The molecule has 0 saturated carbocycles. The molecular weight excluding hydrogens is 210 g/mol. The fourth-order valence-corrected chi connectivity index (χ4v) is 1.94. The molecule has 0 radical (unpaired) electrons. The molecule has 3 heteroatoms. The molecule has 0 bridgehead atoms. The minimum Gasteiger partial charge on any atom is -0.368 e. The van der Waals surface area contributed by atoms with Crippen LogP contribution in [0.15, 0.2) is 18.3 Å². The molecule has 0 aliphatic carbocycles. The summed E-state index contributed by atoms with van der Waals surface area (Å²) < 4.78 is 0. The lowest BCUT2D eigenvalue weighted by Crippen LogP contribution is -2.00. The van der Waals surface area contributed by atoms with Crippen LogP contribution in [0.25, 0.3) is 11.3 Å². The van der Waals surface area contributed by atoms with Crippen LogP contribution in [-0.4, -0.2) is 9.97 Å². The highest BCUT2D eigenvalue weighted by molar-refractivity contribution is 5.68. The van der Waals surface area contributed by atoms with E-state index in [1.807, 2.05) is 6.92 Å². The van der Waals surface area contributed by atoms with E-state index >= 15 is 0 Å². The van der Waals surface area contributed by atoms with Crippen molar-refractivity contribution in [1.29, 1.82) is 0 Å². The lowest BCUT2D eigenvalue weighted by atomic mass is 9.97. The molecule has 0 spiro atoms. The van der Waals surface area contributed by atoms with Crippen LogP contribution in [0.2, 0.25) is 0 Å². The van der Waals surface area contributed by atoms with Crippen molar-refractivity contribution in [2.45, 2.75) is 27.7 Å². The van der Waals surface area contributed by atoms with E-state index in [1.165, 1.54) is 16.7 Å². The van der Waals surface area contributed by atoms with Gasteiger partial charge in [-0.3, -0.25) is 0 Å². The number of aryl methyl sites for hydroxylation is 4. The van der Waals surface area contributed by atoms with Gasteiger partial charge in [0, 0.05) is 11.8 Å². The Labute approximate surface area is 102 Å². The van der Waals surface area contributed by atoms with Crippen molar-refractivity contribution in [3.05, 3.63) is 40.6 Å². The Morgan fingerprint density at radius 1 is 0.882 bits per heavy atom. The fraction of sp³-hybridized carbons (Fsp3) is 0.286. The highest BCUT2D eigenvalue weighted by Crippen LogP contribution is 2.27. The number of benzene rings is 1. The lowest BCUT2D eigenvalue weighted by Gasteiger charge is -2.11. The molecule has 0 unspecified atom stereocenters. The topological polar surface area (TPSA) is 51.8 Å². The summed E-state index contributed by atoms with van der Waals surface area (Å²) in [6, 6.07) is 4.35. The smallest absolute Gasteiger partial charge is 0.220 e. The van der Waals surface area contributed by atoms with Gasteiger partial charge in [0.15, 0.2) is 0 Å². The molecule has 1 aromatic heterocycles. The van der Waals surface area contributed by atoms with Crippen molar-refractivity contribution < 1.29 is 0 Å². The molecule has 1 heterocycles. The average molecular weight is 227 g/mol. The van der Waals surface area contributed by atoms with Crippen LogP contribution in [0.1, 0.15) is 22.3 Å². The summed E-state index contributed by atoms with van der Waals surface area (Å²) in [5, 5.41) is 0. The van der Waals surface area contributed by atoms with Crippen LogP contribution in [0.5, 0.6) is 0 Å². The van der Waals surface area contributed by atoms with Crippen LogP contribution >= 0.6 is 0 Å². The third kappa shape index (κ3) is 2.13.